The summed E-state index contributed by atoms with van der Waals surface area (Å²) in [5.41, 5.74) is 17.8. The van der Waals surface area contributed by atoms with Crippen LogP contribution in [0.1, 0.15) is 11.1 Å². The van der Waals surface area contributed by atoms with Crippen molar-refractivity contribution in [2.24, 2.45) is 17.2 Å². The number of amides is 1. The molecule has 6 heteroatoms. The van der Waals surface area contributed by atoms with E-state index in [0.717, 1.165) is 12.0 Å². The maximum absolute atomic E-state index is 10.6. The Bertz CT molecular complexity index is 597. The molecule has 0 aromatic heterocycles. The molecule has 2 aromatic carbocycles. The lowest BCUT2D eigenvalue weighted by atomic mass is 10.1. The van der Waals surface area contributed by atoms with Gasteiger partial charge in [0.2, 0.25) is 5.91 Å². The third kappa shape index (κ3) is 7.30. The van der Waals surface area contributed by atoms with Gasteiger partial charge >= 0.3 is 0 Å². The molecule has 6 nitrogen and oxygen atoms in total. The van der Waals surface area contributed by atoms with E-state index < -0.39 is 11.9 Å². The Morgan fingerprint density at radius 1 is 0.913 bits per heavy atom. The Kier molecular flexibility index (Phi) is 7.59. The van der Waals surface area contributed by atoms with E-state index in [0.29, 0.717) is 18.7 Å². The number of hydrogen-bond donors (Lipinski definition) is 5. The largest absolute Gasteiger partial charge is 0.508 e. The van der Waals surface area contributed by atoms with E-state index in [2.05, 4.69) is 0 Å². The van der Waals surface area contributed by atoms with Gasteiger partial charge in [-0.25, -0.2) is 0 Å². The van der Waals surface area contributed by atoms with E-state index in [1.165, 1.54) is 5.56 Å². The predicted octanol–water partition coefficient (Wildman–Crippen LogP) is 0.641. The highest BCUT2D eigenvalue weighted by Gasteiger charge is 2.09. The molecule has 0 heterocycles. The van der Waals surface area contributed by atoms with E-state index in [4.69, 9.17) is 27.4 Å². The number of aromatic hydroxyl groups is 2. The van der Waals surface area contributed by atoms with E-state index in [1.54, 1.807) is 36.4 Å². The van der Waals surface area contributed by atoms with Crippen LogP contribution in [-0.4, -0.2) is 28.7 Å². The first-order chi connectivity index (χ1) is 10.9. The molecular weight excluding hydrogens is 294 g/mol. The summed E-state index contributed by atoms with van der Waals surface area (Å²) in [6, 6.07) is 12.9. The molecule has 0 aliphatic carbocycles. The van der Waals surface area contributed by atoms with Gasteiger partial charge in [0.15, 0.2) is 0 Å². The second kappa shape index (κ2) is 9.45. The first-order valence-electron chi connectivity index (χ1n) is 7.23. The molecule has 0 fully saturated rings. The van der Waals surface area contributed by atoms with E-state index in [1.807, 2.05) is 12.1 Å². The minimum absolute atomic E-state index is 0.191. The van der Waals surface area contributed by atoms with Crippen LogP contribution in [0.25, 0.3) is 0 Å². The van der Waals surface area contributed by atoms with Crippen LogP contribution in [0.15, 0.2) is 48.5 Å². The van der Waals surface area contributed by atoms with Gasteiger partial charge in [-0.2, -0.15) is 0 Å². The zero-order valence-corrected chi connectivity index (χ0v) is 12.9. The van der Waals surface area contributed by atoms with Crippen molar-refractivity contribution in [1.82, 2.24) is 0 Å². The quantitative estimate of drug-likeness (QED) is 0.551. The fourth-order valence-electron chi connectivity index (χ4n) is 1.82. The smallest absolute Gasteiger partial charge is 0.234 e. The van der Waals surface area contributed by atoms with Gasteiger partial charge in [0.1, 0.15) is 11.5 Å². The average molecular weight is 317 g/mol. The summed E-state index contributed by atoms with van der Waals surface area (Å²) in [4.78, 5) is 10.6. The molecule has 0 bridgehead atoms. The van der Waals surface area contributed by atoms with Crippen LogP contribution < -0.4 is 17.2 Å². The molecular formula is C17H23N3O3. The standard InChI is InChI=1S/C9H12N2O2.C8H11NO/c10-8(9(11)13)5-6-1-3-7(12)4-2-6;9-6-5-7-1-3-8(10)4-2-7/h1-4,8,12H,5,10H2,(H2,11,13);1-4,10H,5-6,9H2. The van der Waals surface area contributed by atoms with Crippen molar-refractivity contribution in [3.05, 3.63) is 59.7 Å². The molecule has 8 N–H and O–H groups in total. The number of primary amides is 1. The van der Waals surface area contributed by atoms with E-state index >= 15 is 0 Å². The van der Waals surface area contributed by atoms with Gasteiger partial charge in [-0.15, -0.1) is 0 Å². The van der Waals surface area contributed by atoms with Gasteiger partial charge in [-0.3, -0.25) is 4.79 Å². The topological polar surface area (TPSA) is 136 Å². The number of phenols is 2. The number of phenolic OH excluding ortho intramolecular Hbond substituents is 2. The number of hydrogen-bond acceptors (Lipinski definition) is 5. The molecule has 1 amide bonds. The molecule has 1 atom stereocenters. The Morgan fingerprint density at radius 2 is 1.35 bits per heavy atom. The van der Waals surface area contributed by atoms with Crippen LogP contribution in [-0.2, 0) is 17.6 Å². The molecule has 124 valence electrons. The van der Waals surface area contributed by atoms with Crippen LogP contribution in [0.5, 0.6) is 11.5 Å². The minimum Gasteiger partial charge on any atom is -0.508 e. The molecule has 0 radical (unpaired) electrons. The lowest BCUT2D eigenvalue weighted by Gasteiger charge is -2.06. The van der Waals surface area contributed by atoms with Crippen molar-refractivity contribution in [3.8, 4) is 11.5 Å². The second-order valence-corrected chi connectivity index (χ2v) is 5.08. The maximum atomic E-state index is 10.6. The summed E-state index contributed by atoms with van der Waals surface area (Å²) in [6.45, 7) is 0.658. The van der Waals surface area contributed by atoms with Crippen LogP contribution in [0.2, 0.25) is 0 Å². The fraction of sp³-hybridized carbons (Fsp3) is 0.235. The number of carbonyl (C=O) groups is 1. The minimum atomic E-state index is -0.662. The molecule has 0 aliphatic rings. The highest BCUT2D eigenvalue weighted by Crippen LogP contribution is 2.10. The second-order valence-electron chi connectivity index (χ2n) is 5.08. The highest BCUT2D eigenvalue weighted by atomic mass is 16.3. The zero-order chi connectivity index (χ0) is 17.2. The summed E-state index contributed by atoms with van der Waals surface area (Å²) in [7, 11) is 0. The maximum Gasteiger partial charge on any atom is 0.234 e. The van der Waals surface area contributed by atoms with Crippen LogP contribution >= 0.6 is 0 Å². The molecule has 0 saturated heterocycles. The van der Waals surface area contributed by atoms with Gasteiger partial charge in [-0.05, 0) is 54.8 Å². The molecule has 0 aliphatic heterocycles. The SMILES string of the molecule is NC(=O)C(N)Cc1ccc(O)cc1.NCCc1ccc(O)cc1. The van der Waals surface area contributed by atoms with Crippen molar-refractivity contribution in [1.29, 1.82) is 0 Å². The molecule has 0 saturated carbocycles. The third-order valence-corrected chi connectivity index (χ3v) is 3.13. The fourth-order valence-corrected chi connectivity index (χ4v) is 1.82. The Labute approximate surface area is 135 Å². The van der Waals surface area contributed by atoms with Crippen molar-refractivity contribution >= 4 is 5.91 Å². The first kappa shape index (κ1) is 18.5. The van der Waals surface area contributed by atoms with Crippen LogP contribution in [0.4, 0.5) is 0 Å². The van der Waals surface area contributed by atoms with E-state index in [-0.39, 0.29) is 5.75 Å². The molecule has 0 spiro atoms. The first-order valence-corrected chi connectivity index (χ1v) is 7.23. The van der Waals surface area contributed by atoms with E-state index in [9.17, 15) is 4.79 Å². The van der Waals surface area contributed by atoms with Gasteiger partial charge in [0.25, 0.3) is 0 Å². The predicted molar refractivity (Wildman–Crippen MR) is 89.8 cm³/mol. The summed E-state index contributed by atoms with van der Waals surface area (Å²) in [5.74, 6) is -0.0229. The highest BCUT2D eigenvalue weighted by molar-refractivity contribution is 5.79. The molecule has 23 heavy (non-hydrogen) atoms. The van der Waals surface area contributed by atoms with Crippen LogP contribution in [0.3, 0.4) is 0 Å². The average Bonchev–Trinajstić information content (AvgIpc) is 2.52. The molecule has 1 unspecified atom stereocenters. The van der Waals surface area contributed by atoms with Crippen molar-refractivity contribution < 1.29 is 15.0 Å². The van der Waals surface area contributed by atoms with Crippen molar-refractivity contribution in [2.45, 2.75) is 18.9 Å². The molecule has 2 aromatic rings. The Hall–Kier alpha value is -2.57. The summed E-state index contributed by atoms with van der Waals surface area (Å²) < 4.78 is 0. The lowest BCUT2D eigenvalue weighted by Crippen LogP contribution is -2.38. The van der Waals surface area contributed by atoms with Crippen molar-refractivity contribution in [2.75, 3.05) is 6.54 Å². The summed E-state index contributed by atoms with van der Waals surface area (Å²) in [5, 5.41) is 17.9. The van der Waals surface area contributed by atoms with Crippen LogP contribution in [0, 0.1) is 0 Å². The number of nitrogens with two attached hydrogens (primary N) is 3. The lowest BCUT2D eigenvalue weighted by molar-refractivity contribution is -0.119. The normalized spacial score (nSPS) is 11.2. The molecule has 2 rings (SSSR count). The third-order valence-electron chi connectivity index (χ3n) is 3.13. The van der Waals surface area contributed by atoms with Gasteiger partial charge in [-0.1, -0.05) is 24.3 Å². The monoisotopic (exact) mass is 317 g/mol. The summed E-state index contributed by atoms with van der Waals surface area (Å²) in [6.07, 6.45) is 1.27. The van der Waals surface area contributed by atoms with Crippen molar-refractivity contribution in [3.63, 3.8) is 0 Å². The number of rotatable bonds is 5. The van der Waals surface area contributed by atoms with Gasteiger partial charge in [0, 0.05) is 0 Å². The number of carbonyl (C=O) groups excluding carboxylic acids is 1. The Morgan fingerprint density at radius 3 is 1.74 bits per heavy atom. The van der Waals surface area contributed by atoms with Gasteiger partial charge < -0.3 is 27.4 Å². The van der Waals surface area contributed by atoms with Gasteiger partial charge in [0.05, 0.1) is 6.04 Å². The zero-order valence-electron chi connectivity index (χ0n) is 12.9. The Balaban J connectivity index is 0.000000238. The summed E-state index contributed by atoms with van der Waals surface area (Å²) >= 11 is 0. The number of benzene rings is 2.